The fourth-order valence-corrected chi connectivity index (χ4v) is 2.33. The number of benzene rings is 1. The van der Waals surface area contributed by atoms with Crippen LogP contribution in [0, 0.1) is 6.92 Å². The monoisotopic (exact) mass is 401 g/mol. The Bertz CT molecular complexity index is 608. The smallest absolute Gasteiger partial charge is 0.232 e. The van der Waals surface area contributed by atoms with Crippen molar-refractivity contribution in [2.75, 3.05) is 0 Å². The van der Waals surface area contributed by atoms with E-state index in [0.29, 0.717) is 11.3 Å². The first-order valence-electron chi connectivity index (χ1n) is 5.81. The van der Waals surface area contributed by atoms with E-state index in [2.05, 4.69) is 4.98 Å². The van der Waals surface area contributed by atoms with Crippen molar-refractivity contribution in [1.29, 1.82) is 0 Å². The molecule has 0 aliphatic rings. The summed E-state index contributed by atoms with van der Waals surface area (Å²) in [6.07, 6.45) is 0. The molecule has 0 fully saturated rings. The molecule has 0 saturated carbocycles. The number of halogens is 6. The van der Waals surface area contributed by atoms with Gasteiger partial charge in [0.2, 0.25) is 7.59 Å². The van der Waals surface area contributed by atoms with E-state index in [-0.39, 0.29) is 5.69 Å². The molecule has 1 heterocycles. The van der Waals surface area contributed by atoms with Crippen LogP contribution >= 0.6 is 69.6 Å². The molecule has 0 bridgehead atoms. The topological polar surface area (TPSA) is 12.9 Å². The molecule has 0 amide bonds. The number of aromatic nitrogens is 1. The molecule has 21 heavy (non-hydrogen) atoms. The predicted octanol–water partition coefficient (Wildman–Crippen LogP) is 6.71. The number of hydrogen-bond acceptors (Lipinski definition) is 1. The molecule has 0 N–H and O–H groups in total. The average molecular weight is 404 g/mol. The third-order valence-electron chi connectivity index (χ3n) is 2.79. The highest BCUT2D eigenvalue weighted by Crippen LogP contribution is 2.43. The van der Waals surface area contributed by atoms with Crippen LogP contribution in [0.25, 0.3) is 11.3 Å². The van der Waals surface area contributed by atoms with Gasteiger partial charge in [-0.15, -0.1) is 0 Å². The van der Waals surface area contributed by atoms with E-state index in [1.807, 2.05) is 31.2 Å². The maximum absolute atomic E-state index is 5.94. The van der Waals surface area contributed by atoms with Gasteiger partial charge in [0.05, 0.1) is 11.4 Å². The van der Waals surface area contributed by atoms with Gasteiger partial charge in [-0.3, -0.25) is 0 Å². The van der Waals surface area contributed by atoms with Gasteiger partial charge in [-0.1, -0.05) is 99.4 Å². The molecule has 2 aromatic rings. The zero-order chi connectivity index (χ0) is 15.8. The molecule has 1 nitrogen and oxygen atoms in total. The van der Waals surface area contributed by atoms with E-state index in [0.717, 1.165) is 11.1 Å². The summed E-state index contributed by atoms with van der Waals surface area (Å²) in [6, 6.07) is 10.8. The van der Waals surface area contributed by atoms with Crippen molar-refractivity contribution < 1.29 is 0 Å². The van der Waals surface area contributed by atoms with Gasteiger partial charge in [-0.2, -0.15) is 0 Å². The van der Waals surface area contributed by atoms with Gasteiger partial charge in [0.15, 0.2) is 0 Å². The Morgan fingerprint density at radius 3 is 1.86 bits per heavy atom. The molecule has 112 valence electrons. The number of hydrogen-bond donors (Lipinski definition) is 0. The van der Waals surface area contributed by atoms with E-state index in [1.165, 1.54) is 6.07 Å². The fourth-order valence-electron chi connectivity index (χ4n) is 1.71. The number of rotatable bonds is 1. The van der Waals surface area contributed by atoms with Gasteiger partial charge in [-0.25, -0.2) is 4.98 Å². The zero-order valence-corrected chi connectivity index (χ0v) is 15.2. The highest BCUT2D eigenvalue weighted by molar-refractivity contribution is 6.67. The van der Waals surface area contributed by atoms with Crippen molar-refractivity contribution in [3.05, 3.63) is 53.2 Å². The first-order valence-corrected chi connectivity index (χ1v) is 8.07. The molecule has 7 heteroatoms. The van der Waals surface area contributed by atoms with Gasteiger partial charge in [0, 0.05) is 11.1 Å². The predicted molar refractivity (Wildman–Crippen MR) is 92.9 cm³/mol. The van der Waals surface area contributed by atoms with Crippen LogP contribution in [-0.4, -0.2) is 4.98 Å². The summed E-state index contributed by atoms with van der Waals surface area (Å²) in [7, 11) is 0. The second kappa shape index (κ2) is 6.31. The molecule has 0 spiro atoms. The normalized spacial score (nSPS) is 12.5. The van der Waals surface area contributed by atoms with E-state index in [9.17, 15) is 0 Å². The molecule has 0 radical (unpaired) electrons. The van der Waals surface area contributed by atoms with Gasteiger partial charge >= 0.3 is 0 Å². The number of alkyl halides is 6. The minimum absolute atomic E-state index is 0.201. The van der Waals surface area contributed by atoms with Gasteiger partial charge in [0.25, 0.3) is 0 Å². The van der Waals surface area contributed by atoms with Gasteiger partial charge < -0.3 is 0 Å². The van der Waals surface area contributed by atoms with Crippen LogP contribution in [0.5, 0.6) is 0 Å². The molecule has 0 aliphatic carbocycles. The van der Waals surface area contributed by atoms with Gasteiger partial charge in [0.1, 0.15) is 0 Å². The van der Waals surface area contributed by atoms with Gasteiger partial charge in [-0.05, 0) is 19.1 Å². The summed E-state index contributed by atoms with van der Waals surface area (Å²) in [5.74, 6) is 0. The first kappa shape index (κ1) is 17.5. The molecule has 1 aromatic carbocycles. The Labute approximate surface area is 153 Å². The molecule has 2 rings (SSSR count). The summed E-state index contributed by atoms with van der Waals surface area (Å²) >= 11 is 35.5. The third-order valence-corrected chi connectivity index (χ3v) is 4.03. The summed E-state index contributed by atoms with van der Waals surface area (Å²) in [5.41, 5.74) is 3.12. The lowest BCUT2D eigenvalue weighted by atomic mass is 10.1. The lowest BCUT2D eigenvalue weighted by Gasteiger charge is -2.18. The summed E-state index contributed by atoms with van der Waals surface area (Å²) in [4.78, 5) is 4.35. The summed E-state index contributed by atoms with van der Waals surface area (Å²) in [5, 5.41) is 0. The van der Waals surface area contributed by atoms with Crippen molar-refractivity contribution in [3.8, 4) is 11.3 Å². The highest BCUT2D eigenvalue weighted by atomic mass is 35.6. The largest absolute Gasteiger partial charge is 0.248 e. The van der Waals surface area contributed by atoms with Crippen LogP contribution in [-0.2, 0) is 7.59 Å². The van der Waals surface area contributed by atoms with E-state index in [4.69, 9.17) is 69.6 Å². The molecular weight excluding hydrogens is 395 g/mol. The van der Waals surface area contributed by atoms with Crippen molar-refractivity contribution in [1.82, 2.24) is 4.98 Å². The number of nitrogens with zero attached hydrogens (tertiary/aromatic N) is 1. The first-order chi connectivity index (χ1) is 9.57. The van der Waals surface area contributed by atoms with Crippen LogP contribution in [0.4, 0.5) is 0 Å². The lowest BCUT2D eigenvalue weighted by Crippen LogP contribution is -2.09. The molecular formula is C14H9Cl6N. The highest BCUT2D eigenvalue weighted by Gasteiger charge is 2.30. The Morgan fingerprint density at radius 2 is 1.38 bits per heavy atom. The van der Waals surface area contributed by atoms with Crippen LogP contribution in [0.3, 0.4) is 0 Å². The minimum Gasteiger partial charge on any atom is -0.248 e. The van der Waals surface area contributed by atoms with E-state index in [1.54, 1.807) is 6.07 Å². The Kier molecular flexibility index (Phi) is 5.25. The molecule has 0 saturated heterocycles. The second-order valence-electron chi connectivity index (χ2n) is 4.49. The Balaban J connectivity index is 2.63. The Hall–Kier alpha value is 0.110. The molecule has 0 atom stereocenters. The average Bonchev–Trinajstić information content (AvgIpc) is 2.37. The van der Waals surface area contributed by atoms with Crippen molar-refractivity contribution in [2.45, 2.75) is 14.5 Å². The number of aryl methyl sites for hydroxylation is 1. The fraction of sp³-hybridized carbons (Fsp3) is 0.214. The molecule has 0 aliphatic heterocycles. The number of pyridine rings is 1. The Morgan fingerprint density at radius 1 is 0.810 bits per heavy atom. The SMILES string of the molecule is Cc1ccc(-c2cc(C(Cl)(Cl)Cl)cc(C(Cl)(Cl)Cl)n2)cc1. The maximum atomic E-state index is 5.94. The van der Waals surface area contributed by atoms with E-state index >= 15 is 0 Å². The molecule has 1 aromatic heterocycles. The van der Waals surface area contributed by atoms with Crippen LogP contribution in [0.1, 0.15) is 16.8 Å². The van der Waals surface area contributed by atoms with Crippen molar-refractivity contribution in [2.24, 2.45) is 0 Å². The quantitative estimate of drug-likeness (QED) is 0.482. The third kappa shape index (κ3) is 4.54. The second-order valence-corrected chi connectivity index (χ2v) is 9.05. The van der Waals surface area contributed by atoms with Crippen LogP contribution < -0.4 is 0 Å². The minimum atomic E-state index is -1.70. The van der Waals surface area contributed by atoms with Crippen LogP contribution in [0.15, 0.2) is 36.4 Å². The lowest BCUT2D eigenvalue weighted by molar-refractivity contribution is 1.06. The zero-order valence-electron chi connectivity index (χ0n) is 10.7. The van der Waals surface area contributed by atoms with Crippen LogP contribution in [0.2, 0.25) is 0 Å². The van der Waals surface area contributed by atoms with Crippen molar-refractivity contribution >= 4 is 69.6 Å². The maximum Gasteiger partial charge on any atom is 0.232 e. The standard InChI is InChI=1S/C14H9Cl6N/c1-8-2-4-9(5-3-8)11-6-10(13(15,16)17)7-12(21-11)14(18,19)20/h2-7H,1H3. The summed E-state index contributed by atoms with van der Waals surface area (Å²) in [6.45, 7) is 1.99. The molecule has 0 unspecified atom stereocenters. The summed E-state index contributed by atoms with van der Waals surface area (Å²) < 4.78 is -3.33. The van der Waals surface area contributed by atoms with Crippen molar-refractivity contribution in [3.63, 3.8) is 0 Å². The van der Waals surface area contributed by atoms with E-state index < -0.39 is 7.59 Å².